The highest BCUT2D eigenvalue weighted by atomic mass is 16.2. The summed E-state index contributed by atoms with van der Waals surface area (Å²) in [5, 5.41) is 5.88. The number of rotatable bonds is 5. The summed E-state index contributed by atoms with van der Waals surface area (Å²) in [6, 6.07) is 14.2. The van der Waals surface area contributed by atoms with Gasteiger partial charge in [0.1, 0.15) is 6.04 Å². The molecule has 1 atom stereocenters. The van der Waals surface area contributed by atoms with Crippen molar-refractivity contribution < 1.29 is 9.59 Å². The van der Waals surface area contributed by atoms with Gasteiger partial charge in [-0.05, 0) is 36.2 Å². The Labute approximate surface area is 129 Å². The third kappa shape index (κ3) is 3.85. The zero-order valence-electron chi connectivity index (χ0n) is 12.6. The maximum Gasteiger partial charge on any atom is 0.244 e. The number of nitrogens with one attached hydrogen (secondary N) is 2. The van der Waals surface area contributed by atoms with Gasteiger partial charge in [-0.2, -0.15) is 0 Å². The van der Waals surface area contributed by atoms with Gasteiger partial charge in [-0.25, -0.2) is 0 Å². The summed E-state index contributed by atoms with van der Waals surface area (Å²) in [4.78, 5) is 22.8. The van der Waals surface area contributed by atoms with Crippen LogP contribution >= 0.6 is 0 Å². The fourth-order valence-corrected chi connectivity index (χ4v) is 2.21. The quantitative estimate of drug-likeness (QED) is 0.793. The van der Waals surface area contributed by atoms with Crippen LogP contribution in [0.15, 0.2) is 48.5 Å². The first-order valence-electron chi connectivity index (χ1n) is 6.96. The van der Waals surface area contributed by atoms with E-state index in [0.717, 1.165) is 22.5 Å². The molecule has 0 saturated heterocycles. The highest BCUT2D eigenvalue weighted by Gasteiger charge is 2.17. The van der Waals surface area contributed by atoms with Crippen LogP contribution < -0.4 is 16.4 Å². The van der Waals surface area contributed by atoms with Gasteiger partial charge in [-0.15, -0.1) is 0 Å². The van der Waals surface area contributed by atoms with Crippen LogP contribution in [0.3, 0.4) is 0 Å². The Morgan fingerprint density at radius 2 is 1.77 bits per heavy atom. The van der Waals surface area contributed by atoms with E-state index < -0.39 is 11.9 Å². The SMILES string of the molecule is CC(=O)Nc1ccc(NC(C(N)=O)c2ccccc2)cc1C. The molecule has 2 amide bonds. The standard InChI is InChI=1S/C17H19N3O2/c1-11-10-14(8-9-15(11)19-12(2)21)20-16(17(18)22)13-6-4-3-5-7-13/h3-10,16,20H,1-2H3,(H2,18,22)(H,19,21). The fourth-order valence-electron chi connectivity index (χ4n) is 2.21. The number of primary amides is 1. The molecular weight excluding hydrogens is 278 g/mol. The number of benzene rings is 2. The van der Waals surface area contributed by atoms with Gasteiger partial charge in [-0.3, -0.25) is 9.59 Å². The van der Waals surface area contributed by atoms with Crippen LogP contribution in [0.25, 0.3) is 0 Å². The minimum Gasteiger partial charge on any atom is -0.370 e. The van der Waals surface area contributed by atoms with Crippen LogP contribution in [0.2, 0.25) is 0 Å². The third-order valence-electron chi connectivity index (χ3n) is 3.27. The van der Waals surface area contributed by atoms with Crippen molar-refractivity contribution in [3.8, 4) is 0 Å². The van der Waals surface area contributed by atoms with Gasteiger partial charge in [0.25, 0.3) is 0 Å². The van der Waals surface area contributed by atoms with Crippen LogP contribution in [-0.2, 0) is 9.59 Å². The Balaban J connectivity index is 2.22. The van der Waals surface area contributed by atoms with Crippen LogP contribution in [0.1, 0.15) is 24.1 Å². The minimum atomic E-state index is -0.604. The molecule has 0 bridgehead atoms. The van der Waals surface area contributed by atoms with E-state index in [9.17, 15) is 9.59 Å². The lowest BCUT2D eigenvalue weighted by molar-refractivity contribution is -0.119. The molecule has 2 aromatic carbocycles. The lowest BCUT2D eigenvalue weighted by atomic mass is 10.1. The van der Waals surface area contributed by atoms with E-state index in [1.165, 1.54) is 6.92 Å². The number of aryl methyl sites for hydroxylation is 1. The molecule has 0 heterocycles. The number of carbonyl (C=O) groups excluding carboxylic acids is 2. The average Bonchev–Trinajstić information content (AvgIpc) is 2.47. The first-order chi connectivity index (χ1) is 10.5. The average molecular weight is 297 g/mol. The van der Waals surface area contributed by atoms with Gasteiger partial charge >= 0.3 is 0 Å². The van der Waals surface area contributed by atoms with E-state index >= 15 is 0 Å². The molecule has 114 valence electrons. The Hall–Kier alpha value is -2.82. The fraction of sp³-hybridized carbons (Fsp3) is 0.176. The van der Waals surface area contributed by atoms with Crippen LogP contribution in [0.4, 0.5) is 11.4 Å². The van der Waals surface area contributed by atoms with E-state index in [2.05, 4.69) is 10.6 Å². The molecule has 1 unspecified atom stereocenters. The van der Waals surface area contributed by atoms with E-state index in [0.29, 0.717) is 0 Å². The Morgan fingerprint density at radius 3 is 2.32 bits per heavy atom. The van der Waals surface area contributed by atoms with E-state index in [4.69, 9.17) is 5.73 Å². The summed E-state index contributed by atoms with van der Waals surface area (Å²) in [6.45, 7) is 3.35. The molecule has 0 spiro atoms. The number of anilines is 2. The first-order valence-corrected chi connectivity index (χ1v) is 6.96. The molecular formula is C17H19N3O2. The molecule has 0 saturated carbocycles. The minimum absolute atomic E-state index is 0.122. The molecule has 0 aromatic heterocycles. The summed E-state index contributed by atoms with van der Waals surface area (Å²) >= 11 is 0. The van der Waals surface area contributed by atoms with Crippen molar-refractivity contribution >= 4 is 23.2 Å². The molecule has 0 aliphatic rings. The molecule has 0 aliphatic carbocycles. The lowest BCUT2D eigenvalue weighted by Crippen LogP contribution is -2.27. The maximum atomic E-state index is 11.7. The van der Waals surface area contributed by atoms with Gasteiger partial charge < -0.3 is 16.4 Å². The summed E-state index contributed by atoms with van der Waals surface area (Å²) in [7, 11) is 0. The molecule has 0 fully saturated rings. The molecule has 0 radical (unpaired) electrons. The zero-order chi connectivity index (χ0) is 16.1. The van der Waals surface area contributed by atoms with Crippen molar-refractivity contribution in [2.24, 2.45) is 5.73 Å². The van der Waals surface area contributed by atoms with E-state index in [1.54, 1.807) is 12.1 Å². The summed E-state index contributed by atoms with van der Waals surface area (Å²) < 4.78 is 0. The molecule has 5 nitrogen and oxygen atoms in total. The second kappa shape index (κ2) is 6.76. The van der Waals surface area contributed by atoms with Crippen LogP contribution in [0.5, 0.6) is 0 Å². The van der Waals surface area contributed by atoms with E-state index in [-0.39, 0.29) is 5.91 Å². The zero-order valence-corrected chi connectivity index (χ0v) is 12.6. The molecule has 0 aliphatic heterocycles. The van der Waals surface area contributed by atoms with Crippen molar-refractivity contribution in [2.75, 3.05) is 10.6 Å². The van der Waals surface area contributed by atoms with Crippen LogP contribution in [-0.4, -0.2) is 11.8 Å². The number of hydrogen-bond acceptors (Lipinski definition) is 3. The van der Waals surface area contributed by atoms with Gasteiger partial charge in [-0.1, -0.05) is 30.3 Å². The van der Waals surface area contributed by atoms with Crippen molar-refractivity contribution in [3.63, 3.8) is 0 Å². The Morgan fingerprint density at radius 1 is 1.09 bits per heavy atom. The number of carbonyl (C=O) groups is 2. The maximum absolute atomic E-state index is 11.7. The van der Waals surface area contributed by atoms with Crippen LogP contribution in [0, 0.1) is 6.92 Å². The number of hydrogen-bond donors (Lipinski definition) is 3. The van der Waals surface area contributed by atoms with Crippen molar-refractivity contribution in [2.45, 2.75) is 19.9 Å². The second-order valence-electron chi connectivity index (χ2n) is 5.10. The Kier molecular flexibility index (Phi) is 4.78. The lowest BCUT2D eigenvalue weighted by Gasteiger charge is -2.18. The topological polar surface area (TPSA) is 84.2 Å². The largest absolute Gasteiger partial charge is 0.370 e. The summed E-state index contributed by atoms with van der Waals surface area (Å²) in [5.41, 5.74) is 8.70. The van der Waals surface area contributed by atoms with Crippen molar-refractivity contribution in [1.82, 2.24) is 0 Å². The van der Waals surface area contributed by atoms with E-state index in [1.807, 2.05) is 43.3 Å². The molecule has 2 aromatic rings. The van der Waals surface area contributed by atoms with Gasteiger partial charge in [0.2, 0.25) is 11.8 Å². The Bertz CT molecular complexity index is 684. The highest BCUT2D eigenvalue weighted by Crippen LogP contribution is 2.24. The van der Waals surface area contributed by atoms with Gasteiger partial charge in [0, 0.05) is 18.3 Å². The molecule has 4 N–H and O–H groups in total. The summed E-state index contributed by atoms with van der Waals surface area (Å²) in [6.07, 6.45) is 0. The molecule has 2 rings (SSSR count). The van der Waals surface area contributed by atoms with Crippen molar-refractivity contribution in [3.05, 3.63) is 59.7 Å². The highest BCUT2D eigenvalue weighted by molar-refractivity contribution is 5.90. The van der Waals surface area contributed by atoms with Gasteiger partial charge in [0.15, 0.2) is 0 Å². The second-order valence-corrected chi connectivity index (χ2v) is 5.10. The normalized spacial score (nSPS) is 11.5. The molecule has 5 heteroatoms. The molecule has 22 heavy (non-hydrogen) atoms. The number of nitrogens with two attached hydrogens (primary N) is 1. The summed E-state index contributed by atoms with van der Waals surface area (Å²) in [5.74, 6) is -0.571. The van der Waals surface area contributed by atoms with Crippen molar-refractivity contribution in [1.29, 1.82) is 0 Å². The predicted molar refractivity (Wildman–Crippen MR) is 87.5 cm³/mol. The first kappa shape index (κ1) is 15.6. The number of amides is 2. The monoisotopic (exact) mass is 297 g/mol. The smallest absolute Gasteiger partial charge is 0.244 e. The predicted octanol–water partition coefficient (Wildman–Crippen LogP) is 2.59. The van der Waals surface area contributed by atoms with Gasteiger partial charge in [0.05, 0.1) is 0 Å². The third-order valence-corrected chi connectivity index (χ3v) is 3.27.